The number of pyridine rings is 2. The zero-order chi connectivity index (χ0) is 17.9. The molecule has 26 heavy (non-hydrogen) atoms. The molecule has 0 spiro atoms. The lowest BCUT2D eigenvalue weighted by atomic mass is 9.98. The predicted octanol–water partition coefficient (Wildman–Crippen LogP) is 3.33. The number of hydrogen-bond acceptors (Lipinski definition) is 6. The summed E-state index contributed by atoms with van der Waals surface area (Å²) in [7, 11) is 0. The molecule has 1 aliphatic heterocycles. The fourth-order valence-corrected chi connectivity index (χ4v) is 3.49. The zero-order valence-electron chi connectivity index (χ0n) is 15.2. The molecule has 1 fully saturated rings. The molecule has 0 aliphatic carbocycles. The molecule has 0 bridgehead atoms. The van der Waals surface area contributed by atoms with Crippen LogP contribution in [0.1, 0.15) is 24.1 Å². The highest BCUT2D eigenvalue weighted by Crippen LogP contribution is 2.25. The first-order chi connectivity index (χ1) is 12.7. The van der Waals surface area contributed by atoms with Gasteiger partial charge in [-0.3, -0.25) is 4.98 Å². The van der Waals surface area contributed by atoms with Crippen LogP contribution in [0.25, 0.3) is 11.0 Å². The van der Waals surface area contributed by atoms with E-state index in [1.807, 2.05) is 6.92 Å². The molecular weight excluding hydrogens is 326 g/mol. The maximum absolute atomic E-state index is 5.75. The maximum atomic E-state index is 5.75. The molecule has 6 nitrogen and oxygen atoms in total. The predicted molar refractivity (Wildman–Crippen MR) is 101 cm³/mol. The smallest absolute Gasteiger partial charge is 0.232 e. The van der Waals surface area contributed by atoms with Crippen molar-refractivity contribution in [2.75, 3.05) is 24.6 Å². The molecule has 0 unspecified atom stereocenters. The first-order valence-electron chi connectivity index (χ1n) is 9.08. The van der Waals surface area contributed by atoms with Crippen LogP contribution in [0.4, 0.5) is 5.82 Å². The topological polar surface area (TPSA) is 64.0 Å². The third-order valence-corrected chi connectivity index (χ3v) is 4.94. The summed E-state index contributed by atoms with van der Waals surface area (Å²) in [6.45, 7) is 6.79. The number of aryl methyl sites for hydroxylation is 2. The fourth-order valence-electron chi connectivity index (χ4n) is 3.49. The molecule has 1 saturated heterocycles. The van der Waals surface area contributed by atoms with E-state index in [2.05, 4.69) is 45.0 Å². The standard InChI is InChI=1S/C20H23N5O/c1-14-11-15(2)23-20-17(14)3-4-18(24-20)25-9-5-16(6-10-25)13-26-19-12-21-7-8-22-19/h3-4,7-8,11-12,16H,5-6,9-10,13H2,1-2H3. The minimum absolute atomic E-state index is 0.538. The summed E-state index contributed by atoms with van der Waals surface area (Å²) in [6.07, 6.45) is 7.13. The first-order valence-corrected chi connectivity index (χ1v) is 9.08. The van der Waals surface area contributed by atoms with Gasteiger partial charge >= 0.3 is 0 Å². The lowest BCUT2D eigenvalue weighted by Gasteiger charge is -2.32. The Balaban J connectivity index is 1.39. The van der Waals surface area contributed by atoms with Gasteiger partial charge in [0.15, 0.2) is 5.65 Å². The number of anilines is 1. The Morgan fingerprint density at radius 1 is 1.12 bits per heavy atom. The Morgan fingerprint density at radius 2 is 1.96 bits per heavy atom. The molecule has 3 aromatic rings. The summed E-state index contributed by atoms with van der Waals surface area (Å²) >= 11 is 0. The summed E-state index contributed by atoms with van der Waals surface area (Å²) in [6, 6.07) is 6.36. The van der Waals surface area contributed by atoms with Crippen LogP contribution in [0, 0.1) is 19.8 Å². The van der Waals surface area contributed by atoms with Crippen LogP contribution in [0.3, 0.4) is 0 Å². The molecule has 6 heteroatoms. The number of piperidine rings is 1. The van der Waals surface area contributed by atoms with Gasteiger partial charge in [-0.2, -0.15) is 0 Å². The minimum Gasteiger partial charge on any atom is -0.476 e. The number of fused-ring (bicyclic) bond motifs is 1. The van der Waals surface area contributed by atoms with E-state index in [4.69, 9.17) is 9.72 Å². The van der Waals surface area contributed by atoms with E-state index in [1.165, 1.54) is 5.56 Å². The van der Waals surface area contributed by atoms with Gasteiger partial charge < -0.3 is 9.64 Å². The van der Waals surface area contributed by atoms with Crippen LogP contribution >= 0.6 is 0 Å². The highest BCUT2D eigenvalue weighted by Gasteiger charge is 2.21. The van der Waals surface area contributed by atoms with Gasteiger partial charge in [-0.1, -0.05) is 0 Å². The molecule has 0 N–H and O–H groups in total. The van der Waals surface area contributed by atoms with E-state index in [9.17, 15) is 0 Å². The van der Waals surface area contributed by atoms with Gasteiger partial charge in [-0.05, 0) is 56.4 Å². The van der Waals surface area contributed by atoms with Crippen molar-refractivity contribution in [2.24, 2.45) is 5.92 Å². The monoisotopic (exact) mass is 349 g/mol. The fraction of sp³-hybridized carbons (Fsp3) is 0.400. The van der Waals surface area contributed by atoms with Crippen LogP contribution in [0.2, 0.25) is 0 Å². The summed E-state index contributed by atoms with van der Waals surface area (Å²) in [5.74, 6) is 2.16. The third-order valence-electron chi connectivity index (χ3n) is 4.94. The summed E-state index contributed by atoms with van der Waals surface area (Å²) in [5, 5.41) is 1.13. The highest BCUT2D eigenvalue weighted by atomic mass is 16.5. The lowest BCUT2D eigenvalue weighted by molar-refractivity contribution is 0.215. The molecule has 4 heterocycles. The summed E-state index contributed by atoms with van der Waals surface area (Å²) in [5.41, 5.74) is 3.08. The number of nitrogens with zero attached hydrogens (tertiary/aromatic N) is 5. The van der Waals surface area contributed by atoms with Gasteiger partial charge in [0.25, 0.3) is 0 Å². The first kappa shape index (κ1) is 16.7. The molecule has 3 aromatic heterocycles. The van der Waals surface area contributed by atoms with E-state index in [-0.39, 0.29) is 0 Å². The second-order valence-corrected chi connectivity index (χ2v) is 6.91. The SMILES string of the molecule is Cc1cc(C)c2ccc(N3CCC(COc4cnccn4)CC3)nc2n1. The van der Waals surface area contributed by atoms with E-state index in [1.54, 1.807) is 18.6 Å². The van der Waals surface area contributed by atoms with Crippen molar-refractivity contribution in [1.29, 1.82) is 0 Å². The zero-order valence-corrected chi connectivity index (χ0v) is 15.2. The summed E-state index contributed by atoms with van der Waals surface area (Å²) < 4.78 is 5.75. The molecule has 0 aromatic carbocycles. The van der Waals surface area contributed by atoms with Gasteiger partial charge in [0.1, 0.15) is 5.82 Å². The van der Waals surface area contributed by atoms with Gasteiger partial charge in [0.05, 0.1) is 12.8 Å². The third kappa shape index (κ3) is 3.59. The minimum atomic E-state index is 0.538. The largest absolute Gasteiger partial charge is 0.476 e. The average molecular weight is 349 g/mol. The highest BCUT2D eigenvalue weighted by molar-refractivity contribution is 5.80. The van der Waals surface area contributed by atoms with Gasteiger partial charge in [-0.15, -0.1) is 0 Å². The number of rotatable bonds is 4. The maximum Gasteiger partial charge on any atom is 0.232 e. The molecule has 0 saturated carbocycles. The quantitative estimate of drug-likeness (QED) is 0.720. The van der Waals surface area contributed by atoms with Crippen molar-refractivity contribution >= 4 is 16.9 Å². The Labute approximate surface area is 153 Å². The number of ether oxygens (including phenoxy) is 1. The molecule has 0 amide bonds. The van der Waals surface area contributed by atoms with E-state index in [0.29, 0.717) is 18.4 Å². The van der Waals surface area contributed by atoms with Crippen LogP contribution in [-0.2, 0) is 0 Å². The van der Waals surface area contributed by atoms with E-state index >= 15 is 0 Å². The second-order valence-electron chi connectivity index (χ2n) is 6.91. The van der Waals surface area contributed by atoms with Crippen LogP contribution < -0.4 is 9.64 Å². The number of hydrogen-bond donors (Lipinski definition) is 0. The molecule has 134 valence electrons. The van der Waals surface area contributed by atoms with Crippen molar-refractivity contribution < 1.29 is 4.74 Å². The van der Waals surface area contributed by atoms with Crippen LogP contribution in [0.5, 0.6) is 5.88 Å². The Hall–Kier alpha value is -2.76. The Morgan fingerprint density at radius 3 is 2.73 bits per heavy atom. The average Bonchev–Trinajstić information content (AvgIpc) is 2.67. The molecule has 4 rings (SSSR count). The second kappa shape index (κ2) is 7.23. The van der Waals surface area contributed by atoms with Crippen LogP contribution in [-0.4, -0.2) is 39.6 Å². The number of aromatic nitrogens is 4. The van der Waals surface area contributed by atoms with Crippen molar-refractivity contribution in [3.8, 4) is 5.88 Å². The van der Waals surface area contributed by atoms with Crippen molar-refractivity contribution in [3.63, 3.8) is 0 Å². The van der Waals surface area contributed by atoms with Crippen LogP contribution in [0.15, 0.2) is 36.8 Å². The van der Waals surface area contributed by atoms with E-state index < -0.39 is 0 Å². The van der Waals surface area contributed by atoms with Crippen molar-refractivity contribution in [3.05, 3.63) is 48.0 Å². The molecule has 0 atom stereocenters. The van der Waals surface area contributed by atoms with Gasteiger partial charge in [0, 0.05) is 36.6 Å². The molecule has 0 radical (unpaired) electrons. The van der Waals surface area contributed by atoms with Crippen molar-refractivity contribution in [1.82, 2.24) is 19.9 Å². The normalized spacial score (nSPS) is 15.4. The Kier molecular flexibility index (Phi) is 4.65. The molecule has 1 aliphatic rings. The summed E-state index contributed by atoms with van der Waals surface area (Å²) in [4.78, 5) is 19.9. The Bertz CT molecular complexity index is 891. The van der Waals surface area contributed by atoms with E-state index in [0.717, 1.165) is 48.5 Å². The van der Waals surface area contributed by atoms with Gasteiger partial charge in [-0.25, -0.2) is 15.0 Å². The molecular formula is C20H23N5O. The lowest BCUT2D eigenvalue weighted by Crippen LogP contribution is -2.36. The van der Waals surface area contributed by atoms with Gasteiger partial charge in [0.2, 0.25) is 5.88 Å². The van der Waals surface area contributed by atoms with Crippen molar-refractivity contribution in [2.45, 2.75) is 26.7 Å².